The fourth-order valence-electron chi connectivity index (χ4n) is 4.70. The molecule has 0 fully saturated rings. The van der Waals surface area contributed by atoms with Gasteiger partial charge in [0.05, 0.1) is 36.0 Å². The van der Waals surface area contributed by atoms with E-state index in [-0.39, 0.29) is 18.2 Å². The second-order valence-electron chi connectivity index (χ2n) is 8.96. The van der Waals surface area contributed by atoms with Gasteiger partial charge in [-0.3, -0.25) is 9.59 Å². The summed E-state index contributed by atoms with van der Waals surface area (Å²) in [6.45, 7) is 6.83. The van der Waals surface area contributed by atoms with E-state index in [1.54, 1.807) is 12.1 Å². The molecular weight excluding hydrogens is 488 g/mol. The van der Waals surface area contributed by atoms with Crippen LogP contribution in [0.4, 0.5) is 5.69 Å². The first kappa shape index (κ1) is 26.2. The number of nitrogens with one attached hydrogen (secondary N) is 2. The average Bonchev–Trinajstić information content (AvgIpc) is 3.19. The number of aryl methyl sites for hydroxylation is 2. The van der Waals surface area contributed by atoms with Gasteiger partial charge in [0.1, 0.15) is 6.04 Å². The van der Waals surface area contributed by atoms with Gasteiger partial charge in [-0.25, -0.2) is 4.98 Å². The number of nitrogens with zero attached hydrogens (tertiary/aromatic N) is 2. The summed E-state index contributed by atoms with van der Waals surface area (Å²) in [4.78, 5) is 30.8. The van der Waals surface area contributed by atoms with E-state index < -0.39 is 6.04 Å². The number of pyridine rings is 1. The van der Waals surface area contributed by atoms with E-state index in [9.17, 15) is 9.59 Å². The SMILES string of the molecule is CCn1c(C)c(CC(=O)N[C@@H](Cc2ccccc2)C(=O)Nc2ccc(OC)nc2)c2c(C)ccc(Cl)c21. The molecular formula is C29H31ClN4O3. The zero-order valence-corrected chi connectivity index (χ0v) is 22.2. The largest absolute Gasteiger partial charge is 0.481 e. The van der Waals surface area contributed by atoms with Crippen molar-refractivity contribution in [3.8, 4) is 5.88 Å². The minimum atomic E-state index is -0.776. The van der Waals surface area contributed by atoms with Crippen molar-refractivity contribution >= 4 is 40.0 Å². The average molecular weight is 519 g/mol. The summed E-state index contributed by atoms with van der Waals surface area (Å²) in [5.41, 5.74) is 5.38. The van der Waals surface area contributed by atoms with Gasteiger partial charge in [0, 0.05) is 30.1 Å². The van der Waals surface area contributed by atoms with E-state index in [4.69, 9.17) is 16.3 Å². The van der Waals surface area contributed by atoms with Crippen molar-refractivity contribution < 1.29 is 14.3 Å². The van der Waals surface area contributed by atoms with Gasteiger partial charge in [0.2, 0.25) is 17.7 Å². The number of hydrogen-bond acceptors (Lipinski definition) is 4. The topological polar surface area (TPSA) is 85.2 Å². The van der Waals surface area contributed by atoms with Gasteiger partial charge in [-0.05, 0) is 49.6 Å². The van der Waals surface area contributed by atoms with Crippen LogP contribution in [-0.2, 0) is 29.0 Å². The Hall–Kier alpha value is -3.84. The van der Waals surface area contributed by atoms with E-state index in [2.05, 4.69) is 27.1 Å². The molecule has 7 nitrogen and oxygen atoms in total. The molecule has 0 aliphatic carbocycles. The summed E-state index contributed by atoms with van der Waals surface area (Å²) >= 11 is 6.56. The fraction of sp³-hybridized carbons (Fsp3) is 0.276. The van der Waals surface area contributed by atoms with Crippen molar-refractivity contribution in [3.05, 3.63) is 88.2 Å². The predicted octanol–water partition coefficient (Wildman–Crippen LogP) is 5.24. The first-order valence-electron chi connectivity index (χ1n) is 12.2. The molecule has 4 rings (SSSR count). The van der Waals surface area contributed by atoms with Crippen LogP contribution in [0, 0.1) is 13.8 Å². The van der Waals surface area contributed by atoms with Gasteiger partial charge in [-0.1, -0.05) is 48.0 Å². The van der Waals surface area contributed by atoms with Gasteiger partial charge in [0.15, 0.2) is 0 Å². The maximum absolute atomic E-state index is 13.4. The zero-order valence-electron chi connectivity index (χ0n) is 21.5. The highest BCUT2D eigenvalue weighted by atomic mass is 35.5. The highest BCUT2D eigenvalue weighted by Gasteiger charge is 2.24. The lowest BCUT2D eigenvalue weighted by molar-refractivity contribution is -0.126. The summed E-state index contributed by atoms with van der Waals surface area (Å²) in [5, 5.41) is 7.49. The minimum absolute atomic E-state index is 0.138. The number of fused-ring (bicyclic) bond motifs is 1. The Bertz CT molecular complexity index is 1420. The monoisotopic (exact) mass is 518 g/mol. The molecule has 8 heteroatoms. The molecule has 2 heterocycles. The van der Waals surface area contributed by atoms with Crippen LogP contribution in [0.2, 0.25) is 5.02 Å². The smallest absolute Gasteiger partial charge is 0.247 e. The van der Waals surface area contributed by atoms with Crippen molar-refractivity contribution in [2.24, 2.45) is 0 Å². The summed E-state index contributed by atoms with van der Waals surface area (Å²) < 4.78 is 7.22. The van der Waals surface area contributed by atoms with Crippen molar-refractivity contribution in [2.75, 3.05) is 12.4 Å². The first-order chi connectivity index (χ1) is 17.8. The molecule has 2 amide bonds. The molecule has 2 aromatic carbocycles. The van der Waals surface area contributed by atoms with Crippen molar-refractivity contribution in [2.45, 2.75) is 46.2 Å². The quantitative estimate of drug-likeness (QED) is 0.317. The van der Waals surface area contributed by atoms with Gasteiger partial charge in [-0.15, -0.1) is 0 Å². The van der Waals surface area contributed by atoms with E-state index in [0.717, 1.165) is 39.8 Å². The molecule has 2 aromatic heterocycles. The summed E-state index contributed by atoms with van der Waals surface area (Å²) in [6.07, 6.45) is 2.01. The van der Waals surface area contributed by atoms with Crippen LogP contribution in [0.15, 0.2) is 60.8 Å². The number of rotatable bonds is 9. The third-order valence-electron chi connectivity index (χ3n) is 6.55. The molecule has 0 bridgehead atoms. The number of ether oxygens (including phenoxy) is 1. The second kappa shape index (κ2) is 11.5. The molecule has 4 aromatic rings. The number of carbonyl (C=O) groups is 2. The Labute approximate surface area is 221 Å². The molecule has 0 spiro atoms. The normalized spacial score (nSPS) is 11.8. The van der Waals surface area contributed by atoms with Gasteiger partial charge in [-0.2, -0.15) is 0 Å². The molecule has 0 unspecified atom stereocenters. The number of hydrogen-bond donors (Lipinski definition) is 2. The number of amides is 2. The second-order valence-corrected chi connectivity index (χ2v) is 9.37. The Morgan fingerprint density at radius 3 is 2.49 bits per heavy atom. The molecule has 0 aliphatic rings. The lowest BCUT2D eigenvalue weighted by atomic mass is 10.0. The molecule has 37 heavy (non-hydrogen) atoms. The molecule has 0 aliphatic heterocycles. The molecule has 1 atom stereocenters. The molecule has 0 saturated carbocycles. The third-order valence-corrected chi connectivity index (χ3v) is 6.86. The Morgan fingerprint density at radius 1 is 1.08 bits per heavy atom. The lowest BCUT2D eigenvalue weighted by Gasteiger charge is -2.19. The van der Waals surface area contributed by atoms with Gasteiger partial charge < -0.3 is 19.9 Å². The van der Waals surface area contributed by atoms with Crippen LogP contribution in [0.1, 0.15) is 29.3 Å². The van der Waals surface area contributed by atoms with Crippen LogP contribution >= 0.6 is 11.6 Å². The first-order valence-corrected chi connectivity index (χ1v) is 12.6. The Kier molecular flexibility index (Phi) is 8.14. The molecule has 0 radical (unpaired) electrons. The summed E-state index contributed by atoms with van der Waals surface area (Å²) in [5.74, 6) is -0.109. The van der Waals surface area contributed by atoms with E-state index in [1.807, 2.05) is 56.3 Å². The highest BCUT2D eigenvalue weighted by Crippen LogP contribution is 2.34. The zero-order chi connectivity index (χ0) is 26.5. The lowest BCUT2D eigenvalue weighted by Crippen LogP contribution is -2.45. The summed E-state index contributed by atoms with van der Waals surface area (Å²) in [7, 11) is 1.53. The van der Waals surface area contributed by atoms with Gasteiger partial charge in [0.25, 0.3) is 0 Å². The van der Waals surface area contributed by atoms with Crippen LogP contribution in [0.3, 0.4) is 0 Å². The minimum Gasteiger partial charge on any atom is -0.481 e. The van der Waals surface area contributed by atoms with E-state index in [1.165, 1.54) is 13.3 Å². The van der Waals surface area contributed by atoms with Crippen LogP contribution < -0.4 is 15.4 Å². The van der Waals surface area contributed by atoms with Crippen LogP contribution in [0.5, 0.6) is 5.88 Å². The number of methoxy groups -OCH3 is 1. The number of aromatic nitrogens is 2. The van der Waals surface area contributed by atoms with Crippen LogP contribution in [-0.4, -0.2) is 34.5 Å². The van der Waals surface area contributed by atoms with Crippen molar-refractivity contribution in [3.63, 3.8) is 0 Å². The maximum atomic E-state index is 13.4. The standard InChI is InChI=1S/C29H31ClN4O3/c1-5-34-19(3)22(27-18(2)11-13-23(30)28(27)34)16-25(35)33-24(15-20-9-7-6-8-10-20)29(36)32-21-12-14-26(37-4)31-17-21/h6-14,17,24H,5,15-16H2,1-4H3,(H,32,36)(H,33,35)/t24-/m0/s1. The maximum Gasteiger partial charge on any atom is 0.247 e. The molecule has 192 valence electrons. The Morgan fingerprint density at radius 2 is 1.84 bits per heavy atom. The number of halogens is 1. The number of anilines is 1. The highest BCUT2D eigenvalue weighted by molar-refractivity contribution is 6.35. The molecule has 0 saturated heterocycles. The Balaban J connectivity index is 1.59. The molecule has 2 N–H and O–H groups in total. The number of carbonyl (C=O) groups excluding carboxylic acids is 2. The van der Waals surface area contributed by atoms with Crippen molar-refractivity contribution in [1.29, 1.82) is 0 Å². The fourth-order valence-corrected chi connectivity index (χ4v) is 4.96. The van der Waals surface area contributed by atoms with Gasteiger partial charge >= 0.3 is 0 Å². The van der Waals surface area contributed by atoms with E-state index >= 15 is 0 Å². The predicted molar refractivity (Wildman–Crippen MR) is 147 cm³/mol. The summed E-state index contributed by atoms with van der Waals surface area (Å²) in [6, 6.07) is 16.1. The van der Waals surface area contributed by atoms with Crippen molar-refractivity contribution in [1.82, 2.24) is 14.9 Å². The third kappa shape index (κ3) is 5.78. The van der Waals surface area contributed by atoms with E-state index in [0.29, 0.717) is 23.0 Å². The number of benzene rings is 2. The van der Waals surface area contributed by atoms with Crippen LogP contribution in [0.25, 0.3) is 10.9 Å².